The minimum absolute atomic E-state index is 0.269. The first-order chi connectivity index (χ1) is 12.6. The van der Waals surface area contributed by atoms with Crippen LogP contribution in [0, 0.1) is 0 Å². The van der Waals surface area contributed by atoms with Crippen LogP contribution >= 0.6 is 0 Å². The number of aromatic amines is 1. The molecule has 0 unspecified atom stereocenters. The van der Waals surface area contributed by atoms with Gasteiger partial charge in [-0.3, -0.25) is 4.68 Å². The van der Waals surface area contributed by atoms with Crippen LogP contribution in [0.3, 0.4) is 0 Å². The van der Waals surface area contributed by atoms with E-state index < -0.39 is 5.97 Å². The predicted octanol–water partition coefficient (Wildman–Crippen LogP) is 3.10. The van der Waals surface area contributed by atoms with Gasteiger partial charge in [0, 0.05) is 6.42 Å². The molecule has 0 aliphatic rings. The number of carboxylic acid groups (broad SMARTS) is 1. The molecule has 0 saturated carbocycles. The Morgan fingerprint density at radius 1 is 1.19 bits per heavy atom. The Bertz CT molecular complexity index is 984. The van der Waals surface area contributed by atoms with Crippen LogP contribution in [-0.2, 0) is 13.0 Å². The van der Waals surface area contributed by atoms with Gasteiger partial charge in [0.25, 0.3) is 0 Å². The molecule has 6 heteroatoms. The molecule has 0 amide bonds. The van der Waals surface area contributed by atoms with E-state index in [1.807, 2.05) is 30.3 Å². The van der Waals surface area contributed by atoms with Crippen molar-refractivity contribution in [2.45, 2.75) is 19.4 Å². The van der Waals surface area contributed by atoms with Gasteiger partial charge in [-0.05, 0) is 29.2 Å². The Kier molecular flexibility index (Phi) is 5.12. The van der Waals surface area contributed by atoms with Crippen molar-refractivity contribution in [2.75, 3.05) is 0 Å². The highest BCUT2D eigenvalue weighted by Crippen LogP contribution is 2.24. The number of benzene rings is 2. The van der Waals surface area contributed by atoms with E-state index in [9.17, 15) is 14.7 Å². The van der Waals surface area contributed by atoms with Crippen LogP contribution in [0.25, 0.3) is 11.1 Å². The third kappa shape index (κ3) is 3.80. The van der Waals surface area contributed by atoms with Crippen LogP contribution in [0.15, 0.2) is 66.0 Å². The summed E-state index contributed by atoms with van der Waals surface area (Å²) in [6.45, 7) is 4.18. The second-order valence-corrected chi connectivity index (χ2v) is 5.91. The molecule has 0 saturated heterocycles. The number of carboxylic acids is 1. The van der Waals surface area contributed by atoms with E-state index in [1.165, 1.54) is 0 Å². The van der Waals surface area contributed by atoms with Crippen molar-refractivity contribution in [1.82, 2.24) is 14.8 Å². The fraction of sp³-hybridized carbons (Fsp3) is 0.150. The second-order valence-electron chi connectivity index (χ2n) is 5.91. The summed E-state index contributed by atoms with van der Waals surface area (Å²) in [5, 5.41) is 12.0. The number of carbonyl (C=O) groups is 1. The molecule has 0 fully saturated rings. The van der Waals surface area contributed by atoms with E-state index in [2.05, 4.69) is 16.7 Å². The van der Waals surface area contributed by atoms with Crippen LogP contribution < -0.4 is 5.69 Å². The third-order valence-electron chi connectivity index (χ3n) is 4.11. The van der Waals surface area contributed by atoms with Gasteiger partial charge in [-0.15, -0.1) is 6.58 Å². The van der Waals surface area contributed by atoms with Crippen molar-refractivity contribution < 1.29 is 9.90 Å². The molecule has 0 bridgehead atoms. The quantitative estimate of drug-likeness (QED) is 0.642. The lowest BCUT2D eigenvalue weighted by Gasteiger charge is -2.09. The highest BCUT2D eigenvalue weighted by atomic mass is 16.4. The molecule has 0 aliphatic heterocycles. The minimum Gasteiger partial charge on any atom is -0.478 e. The second kappa shape index (κ2) is 7.65. The number of hydrogen-bond acceptors (Lipinski definition) is 3. The van der Waals surface area contributed by atoms with Gasteiger partial charge < -0.3 is 5.11 Å². The van der Waals surface area contributed by atoms with Crippen LogP contribution in [0.1, 0.15) is 28.2 Å². The monoisotopic (exact) mass is 349 g/mol. The van der Waals surface area contributed by atoms with E-state index in [-0.39, 0.29) is 11.3 Å². The van der Waals surface area contributed by atoms with E-state index in [4.69, 9.17) is 0 Å². The average molecular weight is 349 g/mol. The number of aryl methyl sites for hydroxylation is 1. The Morgan fingerprint density at radius 3 is 2.62 bits per heavy atom. The van der Waals surface area contributed by atoms with Crippen molar-refractivity contribution in [3.63, 3.8) is 0 Å². The van der Waals surface area contributed by atoms with Gasteiger partial charge in [-0.25, -0.2) is 14.7 Å². The molecule has 3 aromatic rings. The summed E-state index contributed by atoms with van der Waals surface area (Å²) in [6.07, 6.45) is 3.18. The van der Waals surface area contributed by atoms with Gasteiger partial charge in [0.1, 0.15) is 5.82 Å². The highest BCUT2D eigenvalue weighted by Gasteiger charge is 2.11. The first kappa shape index (κ1) is 17.4. The molecule has 0 atom stereocenters. The third-order valence-corrected chi connectivity index (χ3v) is 4.11. The van der Waals surface area contributed by atoms with Crippen LogP contribution in [0.5, 0.6) is 0 Å². The predicted molar refractivity (Wildman–Crippen MR) is 99.3 cm³/mol. The number of hydrogen-bond donors (Lipinski definition) is 2. The number of allylic oxidation sites excluding steroid dienone is 1. The Balaban J connectivity index is 1.84. The minimum atomic E-state index is -0.951. The summed E-state index contributed by atoms with van der Waals surface area (Å²) in [5.41, 5.74) is 2.39. The lowest BCUT2D eigenvalue weighted by Crippen LogP contribution is -2.09. The molecule has 2 N–H and O–H groups in total. The SMILES string of the molecule is C=CCCc1nc(=O)[nH]n1Cc1ccc(-c2ccccc2C(=O)O)cc1. The van der Waals surface area contributed by atoms with Crippen molar-refractivity contribution >= 4 is 5.97 Å². The molecule has 132 valence electrons. The molecule has 1 heterocycles. The van der Waals surface area contributed by atoms with E-state index in [1.54, 1.807) is 29.0 Å². The Hall–Kier alpha value is -3.41. The van der Waals surface area contributed by atoms with Gasteiger partial charge in [-0.1, -0.05) is 48.5 Å². The molecule has 0 spiro atoms. The van der Waals surface area contributed by atoms with Crippen LogP contribution in [-0.4, -0.2) is 25.8 Å². The van der Waals surface area contributed by atoms with Crippen molar-refractivity contribution in [2.24, 2.45) is 0 Å². The topological polar surface area (TPSA) is 88.0 Å². The van der Waals surface area contributed by atoms with E-state index in [0.717, 1.165) is 17.5 Å². The number of aromatic carboxylic acids is 1. The number of nitrogens with zero attached hydrogens (tertiary/aromatic N) is 2. The number of H-pyrrole nitrogens is 1. The smallest absolute Gasteiger partial charge is 0.361 e. The average Bonchev–Trinajstić information content (AvgIpc) is 2.99. The standard InChI is InChI=1S/C20H19N3O3/c1-2-3-8-18-21-20(26)22-23(18)13-14-9-11-15(12-10-14)16-6-4-5-7-17(16)19(24)25/h2,4-7,9-12H,1,3,8,13H2,(H,22,26)(H,24,25). The summed E-state index contributed by atoms with van der Waals surface area (Å²) in [5.74, 6) is -0.261. The number of rotatable bonds is 7. The Labute approximate surface area is 150 Å². The van der Waals surface area contributed by atoms with Crippen LogP contribution in [0.2, 0.25) is 0 Å². The Morgan fingerprint density at radius 2 is 1.92 bits per heavy atom. The van der Waals surface area contributed by atoms with Gasteiger partial charge in [0.2, 0.25) is 0 Å². The highest BCUT2D eigenvalue weighted by molar-refractivity contribution is 5.95. The molecule has 2 aromatic carbocycles. The lowest BCUT2D eigenvalue weighted by molar-refractivity contribution is 0.0697. The number of aromatic nitrogens is 3. The molecule has 26 heavy (non-hydrogen) atoms. The molecule has 3 rings (SSSR count). The largest absolute Gasteiger partial charge is 0.478 e. The summed E-state index contributed by atoms with van der Waals surface area (Å²) in [6, 6.07) is 14.5. The molecular formula is C20H19N3O3. The first-order valence-corrected chi connectivity index (χ1v) is 8.26. The first-order valence-electron chi connectivity index (χ1n) is 8.26. The fourth-order valence-corrected chi connectivity index (χ4v) is 2.83. The van der Waals surface area contributed by atoms with Gasteiger partial charge >= 0.3 is 11.7 Å². The van der Waals surface area contributed by atoms with Crippen LogP contribution in [0.4, 0.5) is 0 Å². The number of nitrogens with one attached hydrogen (secondary N) is 1. The zero-order valence-electron chi connectivity index (χ0n) is 14.2. The van der Waals surface area contributed by atoms with E-state index >= 15 is 0 Å². The molecule has 0 aliphatic carbocycles. The zero-order chi connectivity index (χ0) is 18.5. The van der Waals surface area contributed by atoms with Crippen molar-refractivity contribution in [3.05, 3.63) is 88.6 Å². The summed E-state index contributed by atoms with van der Waals surface area (Å²) in [4.78, 5) is 26.9. The normalized spacial score (nSPS) is 10.6. The zero-order valence-corrected chi connectivity index (χ0v) is 14.2. The summed E-state index contributed by atoms with van der Waals surface area (Å²) in [7, 11) is 0. The molecule has 1 aromatic heterocycles. The molecule has 0 radical (unpaired) electrons. The maximum Gasteiger partial charge on any atom is 0.361 e. The maximum absolute atomic E-state index is 11.5. The fourth-order valence-electron chi connectivity index (χ4n) is 2.83. The summed E-state index contributed by atoms with van der Waals surface area (Å²) < 4.78 is 1.73. The molecule has 6 nitrogen and oxygen atoms in total. The van der Waals surface area contributed by atoms with Gasteiger partial charge in [-0.2, -0.15) is 4.98 Å². The van der Waals surface area contributed by atoms with Gasteiger partial charge in [0.15, 0.2) is 0 Å². The van der Waals surface area contributed by atoms with E-state index in [0.29, 0.717) is 24.4 Å². The lowest BCUT2D eigenvalue weighted by atomic mass is 9.99. The van der Waals surface area contributed by atoms with Crippen molar-refractivity contribution in [3.8, 4) is 11.1 Å². The van der Waals surface area contributed by atoms with Gasteiger partial charge in [0.05, 0.1) is 12.1 Å². The maximum atomic E-state index is 11.5. The van der Waals surface area contributed by atoms with Crippen molar-refractivity contribution in [1.29, 1.82) is 0 Å². The molecular weight excluding hydrogens is 330 g/mol. The summed E-state index contributed by atoms with van der Waals surface area (Å²) >= 11 is 0.